The van der Waals surface area contributed by atoms with Crippen LogP contribution in [0.1, 0.15) is 34.1 Å². The number of nitrogens with zero attached hydrogens (tertiary/aromatic N) is 2. The van der Waals surface area contributed by atoms with E-state index in [0.29, 0.717) is 0 Å². The monoisotopic (exact) mass is 232 g/mol. The van der Waals surface area contributed by atoms with Crippen molar-refractivity contribution < 1.29 is 4.74 Å². The molecule has 0 atom stereocenters. The molecule has 0 aliphatic carbocycles. The van der Waals surface area contributed by atoms with Gasteiger partial charge in [-0.2, -0.15) is 0 Å². The largest absolute Gasteiger partial charge is 0.379 e. The van der Waals surface area contributed by atoms with E-state index in [4.69, 9.17) is 4.74 Å². The van der Waals surface area contributed by atoms with Crippen LogP contribution in [0.5, 0.6) is 0 Å². The van der Waals surface area contributed by atoms with Crippen LogP contribution >= 0.6 is 0 Å². The summed E-state index contributed by atoms with van der Waals surface area (Å²) in [5.74, 6) is 0. The van der Waals surface area contributed by atoms with Gasteiger partial charge in [-0.3, -0.25) is 0 Å². The van der Waals surface area contributed by atoms with Crippen LogP contribution in [0.4, 0.5) is 0 Å². The fourth-order valence-corrected chi connectivity index (χ4v) is 1.13. The molecule has 3 nitrogen and oxygen atoms in total. The summed E-state index contributed by atoms with van der Waals surface area (Å²) in [6.45, 7) is 14.7. The fourth-order valence-electron chi connectivity index (χ4n) is 1.13. The summed E-state index contributed by atoms with van der Waals surface area (Å²) in [7, 11) is 4.26. The normalized spacial score (nSPS) is 19.9. The van der Waals surface area contributed by atoms with E-state index in [2.05, 4.69) is 23.9 Å². The van der Waals surface area contributed by atoms with Gasteiger partial charge in [0.25, 0.3) is 0 Å². The summed E-state index contributed by atoms with van der Waals surface area (Å²) < 4.78 is 5.10. The summed E-state index contributed by atoms with van der Waals surface area (Å²) in [5.41, 5.74) is 0. The van der Waals surface area contributed by atoms with Crippen molar-refractivity contribution in [2.24, 2.45) is 0 Å². The second-order valence-corrected chi connectivity index (χ2v) is 3.57. The van der Waals surface area contributed by atoms with Crippen molar-refractivity contribution in [2.45, 2.75) is 34.1 Å². The van der Waals surface area contributed by atoms with E-state index in [1.165, 1.54) is 19.5 Å². The van der Waals surface area contributed by atoms with E-state index in [0.717, 1.165) is 26.3 Å². The van der Waals surface area contributed by atoms with Gasteiger partial charge in [-0.25, -0.2) is 0 Å². The average molecular weight is 232 g/mol. The summed E-state index contributed by atoms with van der Waals surface area (Å²) in [6, 6.07) is 0. The fraction of sp³-hybridized carbons (Fsp3) is 1.00. The number of likely N-dealkylation sites (N-methyl/N-ethyl adjacent to an activating group) is 1. The molecule has 2 aliphatic heterocycles. The third-order valence-corrected chi connectivity index (χ3v) is 2.31. The molecule has 0 aromatic rings. The molecule has 0 bridgehead atoms. The van der Waals surface area contributed by atoms with Gasteiger partial charge in [0, 0.05) is 13.1 Å². The first kappa shape index (κ1) is 18.3. The highest BCUT2D eigenvalue weighted by atomic mass is 16.5. The Morgan fingerprint density at radius 2 is 1.00 bits per heavy atom. The third-order valence-electron chi connectivity index (χ3n) is 2.31. The van der Waals surface area contributed by atoms with Crippen molar-refractivity contribution in [3.8, 4) is 0 Å². The lowest BCUT2D eigenvalue weighted by atomic mass is 10.3. The van der Waals surface area contributed by atoms with Crippen molar-refractivity contribution in [1.82, 2.24) is 9.80 Å². The predicted octanol–water partition coefficient (Wildman–Crippen LogP) is 2.32. The van der Waals surface area contributed by atoms with Crippen LogP contribution in [0.2, 0.25) is 0 Å². The molecule has 0 aromatic heterocycles. The molecule has 0 amide bonds. The number of likely N-dealkylation sites (tertiary alicyclic amines) is 1. The lowest BCUT2D eigenvalue weighted by Gasteiger charge is -2.24. The molecular weight excluding hydrogens is 200 g/mol. The highest BCUT2D eigenvalue weighted by Gasteiger charge is 2.04. The third kappa shape index (κ3) is 12.0. The van der Waals surface area contributed by atoms with Crippen LogP contribution in [0.25, 0.3) is 0 Å². The Morgan fingerprint density at radius 1 is 0.688 bits per heavy atom. The van der Waals surface area contributed by atoms with Gasteiger partial charge in [-0.15, -0.1) is 0 Å². The zero-order valence-electron chi connectivity index (χ0n) is 12.3. The molecule has 0 spiro atoms. The minimum atomic E-state index is 0.913. The van der Waals surface area contributed by atoms with Gasteiger partial charge in [0.1, 0.15) is 0 Å². The quantitative estimate of drug-likeness (QED) is 0.637. The molecule has 2 aliphatic rings. The van der Waals surface area contributed by atoms with Crippen molar-refractivity contribution in [1.29, 1.82) is 0 Å². The average Bonchev–Trinajstić information content (AvgIpc) is 2.33. The second kappa shape index (κ2) is 14.9. The lowest BCUT2D eigenvalue weighted by molar-refractivity contribution is 0.0503. The maximum atomic E-state index is 5.10. The first-order chi connectivity index (χ1) is 7.79. The lowest BCUT2D eigenvalue weighted by Crippen LogP contribution is -2.32. The second-order valence-electron chi connectivity index (χ2n) is 3.57. The summed E-state index contributed by atoms with van der Waals surface area (Å²) in [5, 5.41) is 0. The number of morpholine rings is 1. The molecule has 2 rings (SSSR count). The first-order valence-corrected chi connectivity index (χ1v) is 6.74. The minimum absolute atomic E-state index is 0.913. The molecule has 100 valence electrons. The van der Waals surface area contributed by atoms with Crippen LogP contribution in [-0.4, -0.2) is 63.3 Å². The van der Waals surface area contributed by atoms with Gasteiger partial charge in [0.15, 0.2) is 0 Å². The molecule has 16 heavy (non-hydrogen) atoms. The summed E-state index contributed by atoms with van der Waals surface area (Å²) in [4.78, 5) is 4.57. The highest BCUT2D eigenvalue weighted by Crippen LogP contribution is 1.98. The topological polar surface area (TPSA) is 15.7 Å². The number of hydrogen-bond acceptors (Lipinski definition) is 3. The Morgan fingerprint density at radius 3 is 1.12 bits per heavy atom. The Kier molecular flexibility index (Phi) is 17.0. The van der Waals surface area contributed by atoms with Gasteiger partial charge < -0.3 is 14.5 Å². The number of hydrogen-bond donors (Lipinski definition) is 0. The van der Waals surface area contributed by atoms with Crippen molar-refractivity contribution in [2.75, 3.05) is 53.5 Å². The Bertz CT molecular complexity index is 111. The van der Waals surface area contributed by atoms with Crippen LogP contribution in [-0.2, 0) is 4.74 Å². The van der Waals surface area contributed by atoms with Crippen LogP contribution in [0.15, 0.2) is 0 Å². The predicted molar refractivity (Wildman–Crippen MR) is 73.1 cm³/mol. The molecule has 3 heteroatoms. The minimum Gasteiger partial charge on any atom is -0.379 e. The van der Waals surface area contributed by atoms with Crippen LogP contribution in [0.3, 0.4) is 0 Å². The molecule has 0 N–H and O–H groups in total. The van der Waals surface area contributed by atoms with Crippen LogP contribution in [0, 0.1) is 0 Å². The number of rotatable bonds is 0. The van der Waals surface area contributed by atoms with Gasteiger partial charge in [-0.05, 0) is 33.6 Å². The van der Waals surface area contributed by atoms with Gasteiger partial charge in [0.2, 0.25) is 0 Å². The van der Waals surface area contributed by atoms with E-state index >= 15 is 0 Å². The SMILES string of the molecule is CC.CC.CN1CCC1.CN1CCOCC1. The van der Waals surface area contributed by atoms with Gasteiger partial charge >= 0.3 is 0 Å². The molecule has 0 aromatic carbocycles. The van der Waals surface area contributed by atoms with E-state index in [1.807, 2.05) is 27.7 Å². The van der Waals surface area contributed by atoms with E-state index in [9.17, 15) is 0 Å². The van der Waals surface area contributed by atoms with Crippen molar-refractivity contribution in [3.05, 3.63) is 0 Å². The van der Waals surface area contributed by atoms with E-state index < -0.39 is 0 Å². The molecule has 0 saturated carbocycles. The molecule has 2 fully saturated rings. The maximum Gasteiger partial charge on any atom is 0.0594 e. The highest BCUT2D eigenvalue weighted by molar-refractivity contribution is 4.61. The summed E-state index contributed by atoms with van der Waals surface area (Å²) in [6.07, 6.45) is 1.41. The van der Waals surface area contributed by atoms with Crippen molar-refractivity contribution >= 4 is 0 Å². The van der Waals surface area contributed by atoms with Crippen LogP contribution < -0.4 is 0 Å². The maximum absolute atomic E-state index is 5.10. The zero-order chi connectivity index (χ0) is 12.8. The van der Waals surface area contributed by atoms with Gasteiger partial charge in [0.05, 0.1) is 13.2 Å². The Labute approximate surface area is 103 Å². The van der Waals surface area contributed by atoms with E-state index in [1.54, 1.807) is 0 Å². The number of ether oxygens (including phenoxy) is 1. The molecule has 2 saturated heterocycles. The Balaban J connectivity index is 0. The smallest absolute Gasteiger partial charge is 0.0594 e. The molecule has 0 radical (unpaired) electrons. The molecule has 2 heterocycles. The Hall–Kier alpha value is -0.120. The first-order valence-electron chi connectivity index (χ1n) is 6.74. The van der Waals surface area contributed by atoms with Crippen molar-refractivity contribution in [3.63, 3.8) is 0 Å². The summed E-state index contributed by atoms with van der Waals surface area (Å²) >= 11 is 0. The van der Waals surface area contributed by atoms with E-state index in [-0.39, 0.29) is 0 Å². The zero-order valence-corrected chi connectivity index (χ0v) is 12.3. The standard InChI is InChI=1S/C5H11NO.C4H9N.2C2H6/c1-6-2-4-7-5-3-6;1-5-3-2-4-5;2*1-2/h2-5H2,1H3;2-4H2,1H3;2*1-2H3. The molecule has 0 unspecified atom stereocenters. The molecular formula is C13H32N2O. The van der Waals surface area contributed by atoms with Gasteiger partial charge in [-0.1, -0.05) is 27.7 Å².